The van der Waals surface area contributed by atoms with E-state index in [1.807, 2.05) is 36.6 Å². The van der Waals surface area contributed by atoms with Crippen LogP contribution in [0.4, 0.5) is 4.79 Å². The number of rotatable bonds is 13. The van der Waals surface area contributed by atoms with Gasteiger partial charge in [-0.2, -0.15) is 11.8 Å². The first-order chi connectivity index (χ1) is 16.7. The van der Waals surface area contributed by atoms with E-state index in [0.717, 1.165) is 44.1 Å². The highest BCUT2D eigenvalue weighted by molar-refractivity contribution is 7.98. The van der Waals surface area contributed by atoms with E-state index in [4.69, 9.17) is 4.74 Å². The van der Waals surface area contributed by atoms with E-state index < -0.39 is 23.8 Å². The minimum atomic E-state index is -0.767. The summed E-state index contributed by atoms with van der Waals surface area (Å²) in [4.78, 5) is 41.9. The van der Waals surface area contributed by atoms with Crippen LogP contribution >= 0.6 is 11.8 Å². The van der Waals surface area contributed by atoms with Gasteiger partial charge in [0.25, 0.3) is 0 Å². The number of amides is 3. The molecular weight excluding hydrogens is 462 g/mol. The smallest absolute Gasteiger partial charge is 0.408 e. The molecule has 2 unspecified atom stereocenters. The molecule has 0 bridgehead atoms. The average Bonchev–Trinajstić information content (AvgIpc) is 2.77. The van der Waals surface area contributed by atoms with Crippen molar-refractivity contribution in [3.63, 3.8) is 0 Å². The molecule has 1 fully saturated rings. The predicted octanol–water partition coefficient (Wildman–Crippen LogP) is 5.06. The maximum Gasteiger partial charge on any atom is 0.408 e. The van der Waals surface area contributed by atoms with Gasteiger partial charge in [-0.1, -0.05) is 50.1 Å². The molecule has 2 N–H and O–H groups in total. The third-order valence-electron chi connectivity index (χ3n) is 6.04. The number of unbranched alkanes of at least 4 members (excludes halogenated alkanes) is 2. The Bertz CT molecular complexity index is 808. The largest absolute Gasteiger partial charge is 0.444 e. The molecule has 2 rings (SSSR count). The van der Waals surface area contributed by atoms with Crippen molar-refractivity contribution in [2.75, 3.05) is 18.6 Å². The first kappa shape index (κ1) is 29.0. The van der Waals surface area contributed by atoms with E-state index >= 15 is 0 Å². The number of hydrogen-bond acceptors (Lipinski definition) is 5. The monoisotopic (exact) mass is 505 g/mol. The van der Waals surface area contributed by atoms with Crippen LogP contribution in [0.5, 0.6) is 0 Å². The lowest BCUT2D eigenvalue weighted by atomic mass is 9.88. The summed E-state index contributed by atoms with van der Waals surface area (Å²) < 4.78 is 5.44. The first-order valence-electron chi connectivity index (χ1n) is 12.8. The molecule has 196 valence electrons. The lowest BCUT2D eigenvalue weighted by Gasteiger charge is -2.43. The summed E-state index contributed by atoms with van der Waals surface area (Å²) in [5, 5.41) is 5.86. The highest BCUT2D eigenvalue weighted by Gasteiger charge is 2.41. The van der Waals surface area contributed by atoms with E-state index in [1.165, 1.54) is 0 Å². The van der Waals surface area contributed by atoms with Crippen molar-refractivity contribution in [2.24, 2.45) is 0 Å². The molecule has 3 amide bonds. The standard InChI is InChI=1S/C27H43N3O4S/c1-6-7-11-18-28-24(31)23(20-13-9-8-10-14-20)30(21-15-12-16-21)25(32)22(17-19-35-5)29-26(33)34-27(2,3)4/h8-10,13-14,21-23H,6-7,11-12,15-19H2,1-5H3,(H,28,31)(H,29,33). The lowest BCUT2D eigenvalue weighted by Crippen LogP contribution is -2.57. The van der Waals surface area contributed by atoms with Gasteiger partial charge in [0.15, 0.2) is 0 Å². The number of carbonyl (C=O) groups is 3. The summed E-state index contributed by atoms with van der Waals surface area (Å²) in [5.74, 6) is 0.296. The number of hydrogen-bond donors (Lipinski definition) is 2. The fraction of sp³-hybridized carbons (Fsp3) is 0.667. The molecule has 0 spiro atoms. The highest BCUT2D eigenvalue weighted by atomic mass is 32.2. The summed E-state index contributed by atoms with van der Waals surface area (Å²) in [7, 11) is 0. The van der Waals surface area contributed by atoms with E-state index in [9.17, 15) is 14.4 Å². The van der Waals surface area contributed by atoms with Crippen LogP contribution in [0.2, 0.25) is 0 Å². The SMILES string of the molecule is CCCCCNC(=O)C(c1ccccc1)N(C(=O)C(CCSC)NC(=O)OC(C)(C)C)C1CCC1. The van der Waals surface area contributed by atoms with Crippen LogP contribution in [0.3, 0.4) is 0 Å². The third kappa shape index (κ3) is 9.39. The van der Waals surface area contributed by atoms with Crippen molar-refractivity contribution in [1.29, 1.82) is 0 Å². The maximum atomic E-state index is 14.0. The van der Waals surface area contributed by atoms with Crippen molar-refractivity contribution in [2.45, 2.75) is 96.4 Å². The molecule has 8 heteroatoms. The molecule has 1 saturated carbocycles. The Labute approximate surface area is 215 Å². The molecule has 1 aliphatic carbocycles. The molecule has 1 aromatic rings. The predicted molar refractivity (Wildman–Crippen MR) is 142 cm³/mol. The van der Waals surface area contributed by atoms with Crippen LogP contribution in [-0.4, -0.2) is 59.0 Å². The molecule has 0 heterocycles. The fourth-order valence-electron chi connectivity index (χ4n) is 4.06. The number of nitrogens with one attached hydrogen (secondary N) is 2. The Hall–Kier alpha value is -2.22. The minimum absolute atomic E-state index is 0.0358. The molecule has 0 aliphatic heterocycles. The van der Waals surface area contributed by atoms with Crippen molar-refractivity contribution in [3.05, 3.63) is 35.9 Å². The molecule has 2 atom stereocenters. The van der Waals surface area contributed by atoms with Gasteiger partial charge in [0.05, 0.1) is 0 Å². The minimum Gasteiger partial charge on any atom is -0.444 e. The number of nitrogens with zero attached hydrogens (tertiary/aromatic N) is 1. The Kier molecular flexibility index (Phi) is 11.9. The highest BCUT2D eigenvalue weighted by Crippen LogP contribution is 2.34. The number of benzene rings is 1. The summed E-state index contributed by atoms with van der Waals surface area (Å²) in [6, 6.07) is 7.93. The quantitative estimate of drug-likeness (QED) is 0.366. The second-order valence-electron chi connectivity index (χ2n) is 10.1. The molecule has 0 radical (unpaired) electrons. The van der Waals surface area contributed by atoms with E-state index in [2.05, 4.69) is 17.6 Å². The van der Waals surface area contributed by atoms with Crippen LogP contribution < -0.4 is 10.6 Å². The Morgan fingerprint density at radius 3 is 2.37 bits per heavy atom. The van der Waals surface area contributed by atoms with Crippen molar-refractivity contribution in [3.8, 4) is 0 Å². The molecule has 1 aliphatic rings. The van der Waals surface area contributed by atoms with Crippen LogP contribution in [-0.2, 0) is 14.3 Å². The van der Waals surface area contributed by atoms with Crippen LogP contribution in [0, 0.1) is 0 Å². The normalized spacial score (nSPS) is 15.5. The Balaban J connectivity index is 2.35. The summed E-state index contributed by atoms with van der Waals surface area (Å²) in [5.41, 5.74) is 0.108. The van der Waals surface area contributed by atoms with Crippen molar-refractivity contribution < 1.29 is 19.1 Å². The Morgan fingerprint density at radius 2 is 1.83 bits per heavy atom. The zero-order chi connectivity index (χ0) is 25.8. The van der Waals surface area contributed by atoms with E-state index in [0.29, 0.717) is 18.7 Å². The van der Waals surface area contributed by atoms with Crippen molar-refractivity contribution in [1.82, 2.24) is 15.5 Å². The Morgan fingerprint density at radius 1 is 1.14 bits per heavy atom. The van der Waals surface area contributed by atoms with Gasteiger partial charge in [0.1, 0.15) is 17.7 Å². The third-order valence-corrected chi connectivity index (χ3v) is 6.69. The topological polar surface area (TPSA) is 87.7 Å². The van der Waals surface area contributed by atoms with Crippen molar-refractivity contribution >= 4 is 29.7 Å². The maximum absolute atomic E-state index is 14.0. The first-order valence-corrected chi connectivity index (χ1v) is 14.2. The van der Waals surface area contributed by atoms with Crippen LogP contribution in [0.1, 0.15) is 84.2 Å². The average molecular weight is 506 g/mol. The van der Waals surface area contributed by atoms with Gasteiger partial charge in [0, 0.05) is 12.6 Å². The lowest BCUT2D eigenvalue weighted by molar-refractivity contribution is -0.147. The van der Waals surface area contributed by atoms with E-state index in [-0.39, 0.29) is 17.9 Å². The fourth-order valence-corrected chi connectivity index (χ4v) is 4.53. The molecule has 35 heavy (non-hydrogen) atoms. The van der Waals surface area contributed by atoms with Gasteiger partial charge in [-0.3, -0.25) is 9.59 Å². The second-order valence-corrected chi connectivity index (χ2v) is 11.1. The van der Waals surface area contributed by atoms with Gasteiger partial charge in [-0.25, -0.2) is 4.79 Å². The zero-order valence-electron chi connectivity index (χ0n) is 22.0. The molecule has 1 aromatic carbocycles. The van der Waals surface area contributed by atoms with Crippen LogP contribution in [0.25, 0.3) is 0 Å². The van der Waals surface area contributed by atoms with Crippen LogP contribution in [0.15, 0.2) is 30.3 Å². The summed E-state index contributed by atoms with van der Waals surface area (Å²) in [6.45, 7) is 8.08. The molecule has 0 saturated heterocycles. The molecule has 7 nitrogen and oxygen atoms in total. The van der Waals surface area contributed by atoms with Gasteiger partial charge in [-0.15, -0.1) is 0 Å². The molecular formula is C27H43N3O4S. The number of thioether (sulfide) groups is 1. The summed E-state index contributed by atoms with van der Waals surface area (Å²) in [6.07, 6.45) is 7.53. The number of carbonyl (C=O) groups excluding carboxylic acids is 3. The summed E-state index contributed by atoms with van der Waals surface area (Å²) >= 11 is 1.61. The zero-order valence-corrected chi connectivity index (χ0v) is 22.8. The molecule has 0 aromatic heterocycles. The van der Waals surface area contributed by atoms with E-state index in [1.54, 1.807) is 37.4 Å². The second kappa shape index (κ2) is 14.4. The van der Waals surface area contributed by atoms with Gasteiger partial charge >= 0.3 is 6.09 Å². The number of alkyl carbamates (subject to hydrolysis) is 1. The number of ether oxygens (including phenoxy) is 1. The van der Waals surface area contributed by atoms with Gasteiger partial charge < -0.3 is 20.3 Å². The van der Waals surface area contributed by atoms with Gasteiger partial charge in [-0.05, 0) is 70.4 Å². The van der Waals surface area contributed by atoms with Gasteiger partial charge in [0.2, 0.25) is 11.8 Å².